The fourth-order valence-corrected chi connectivity index (χ4v) is 2.18. The van der Waals surface area contributed by atoms with Gasteiger partial charge in [0.05, 0.1) is 18.9 Å². The highest BCUT2D eigenvalue weighted by molar-refractivity contribution is 5.67. The maximum Gasteiger partial charge on any atom is 0.165 e. The normalized spacial score (nSPS) is 12.2. The van der Waals surface area contributed by atoms with Crippen molar-refractivity contribution < 1.29 is 18.6 Å². The maximum absolute atomic E-state index is 13.8. The van der Waals surface area contributed by atoms with Crippen molar-refractivity contribution in [3.8, 4) is 16.9 Å². The van der Waals surface area contributed by atoms with Crippen LogP contribution in [0.5, 0.6) is 5.75 Å². The van der Waals surface area contributed by atoms with Crippen LogP contribution in [0.15, 0.2) is 30.5 Å². The number of pyridine rings is 1. The topological polar surface area (TPSA) is 68.4 Å². The lowest BCUT2D eigenvalue weighted by molar-refractivity contribution is 0.176. The second-order valence-corrected chi connectivity index (χ2v) is 5.43. The van der Waals surface area contributed by atoms with E-state index in [0.29, 0.717) is 25.0 Å². The third-order valence-corrected chi connectivity index (χ3v) is 3.39. The van der Waals surface area contributed by atoms with Crippen molar-refractivity contribution in [2.75, 3.05) is 12.3 Å². The number of aliphatic hydroxyl groups is 1. The second kappa shape index (κ2) is 7.87. The largest absolute Gasteiger partial charge is 0.490 e. The molecule has 0 amide bonds. The average Bonchev–Trinajstić information content (AvgIpc) is 2.51. The number of anilines is 1. The zero-order valence-electron chi connectivity index (χ0n) is 12.9. The molecular weight excluding hydrogens is 302 g/mol. The molecule has 1 aromatic carbocycles. The molecule has 4 nitrogen and oxygen atoms in total. The van der Waals surface area contributed by atoms with Crippen molar-refractivity contribution in [3.63, 3.8) is 0 Å². The molecule has 0 radical (unpaired) electrons. The summed E-state index contributed by atoms with van der Waals surface area (Å²) in [6.45, 7) is 2.05. The first-order valence-electron chi connectivity index (χ1n) is 7.49. The number of rotatable bonds is 7. The van der Waals surface area contributed by atoms with Gasteiger partial charge in [0.2, 0.25) is 0 Å². The van der Waals surface area contributed by atoms with Crippen LogP contribution in [-0.2, 0) is 0 Å². The van der Waals surface area contributed by atoms with Crippen molar-refractivity contribution in [3.05, 3.63) is 42.1 Å². The van der Waals surface area contributed by atoms with Gasteiger partial charge in [-0.3, -0.25) is 0 Å². The Kier molecular flexibility index (Phi) is 5.87. The molecule has 0 saturated carbocycles. The van der Waals surface area contributed by atoms with E-state index in [1.165, 1.54) is 24.3 Å². The van der Waals surface area contributed by atoms with Crippen molar-refractivity contribution in [1.29, 1.82) is 0 Å². The number of ether oxygens (including phenoxy) is 1. The van der Waals surface area contributed by atoms with Gasteiger partial charge in [-0.05, 0) is 49.9 Å². The van der Waals surface area contributed by atoms with Gasteiger partial charge in [-0.1, -0.05) is 6.07 Å². The molecule has 0 spiro atoms. The smallest absolute Gasteiger partial charge is 0.165 e. The predicted molar refractivity (Wildman–Crippen MR) is 85.0 cm³/mol. The molecule has 2 rings (SSSR count). The first-order chi connectivity index (χ1) is 11.0. The van der Waals surface area contributed by atoms with E-state index in [0.717, 1.165) is 12.6 Å². The average molecular weight is 322 g/mol. The third-order valence-electron chi connectivity index (χ3n) is 3.39. The monoisotopic (exact) mass is 322 g/mol. The molecule has 3 N–H and O–H groups in total. The Morgan fingerprint density at radius 2 is 2.00 bits per heavy atom. The van der Waals surface area contributed by atoms with Crippen LogP contribution in [-0.4, -0.2) is 22.8 Å². The van der Waals surface area contributed by atoms with Crippen LogP contribution in [0.1, 0.15) is 26.2 Å². The SMILES string of the molecule is CC(O)CCCCOc1cc(-c2cc(N)ncc2F)ccc1F. The zero-order chi connectivity index (χ0) is 16.8. The van der Waals surface area contributed by atoms with E-state index in [1.807, 2.05) is 0 Å². The summed E-state index contributed by atoms with van der Waals surface area (Å²) in [4.78, 5) is 3.67. The summed E-state index contributed by atoms with van der Waals surface area (Å²) < 4.78 is 33.1. The minimum atomic E-state index is -0.534. The number of unbranched alkanes of at least 4 members (excludes halogenated alkanes) is 1. The van der Waals surface area contributed by atoms with Crippen molar-refractivity contribution in [2.24, 2.45) is 0 Å². The Balaban J connectivity index is 2.08. The van der Waals surface area contributed by atoms with Crippen LogP contribution < -0.4 is 10.5 Å². The standard InChI is InChI=1S/C17H20F2N2O2/c1-11(22)4-2-3-7-23-16-8-12(5-6-14(16)18)13-9-17(20)21-10-15(13)19/h5-6,8-11,22H,2-4,7H2,1H3,(H2,20,21). The molecule has 0 aliphatic rings. The van der Waals surface area contributed by atoms with Crippen LogP contribution in [0.4, 0.5) is 14.6 Å². The fourth-order valence-electron chi connectivity index (χ4n) is 2.18. The summed E-state index contributed by atoms with van der Waals surface area (Å²) in [5, 5.41) is 9.17. The number of nitrogens with zero attached hydrogens (tertiary/aromatic N) is 1. The molecule has 1 atom stereocenters. The lowest BCUT2D eigenvalue weighted by Gasteiger charge is -2.10. The third kappa shape index (κ3) is 4.89. The summed E-state index contributed by atoms with van der Waals surface area (Å²) >= 11 is 0. The number of hydrogen-bond acceptors (Lipinski definition) is 4. The maximum atomic E-state index is 13.8. The van der Waals surface area contributed by atoms with Crippen molar-refractivity contribution in [2.45, 2.75) is 32.3 Å². The van der Waals surface area contributed by atoms with E-state index in [1.54, 1.807) is 6.92 Å². The lowest BCUT2D eigenvalue weighted by Crippen LogP contribution is -2.03. The Labute approximate surface area is 133 Å². The van der Waals surface area contributed by atoms with Crippen molar-refractivity contribution >= 4 is 5.82 Å². The lowest BCUT2D eigenvalue weighted by atomic mass is 10.1. The van der Waals surface area contributed by atoms with Gasteiger partial charge in [-0.2, -0.15) is 0 Å². The Morgan fingerprint density at radius 1 is 1.22 bits per heavy atom. The highest BCUT2D eigenvalue weighted by Crippen LogP contribution is 2.29. The number of aliphatic hydroxyl groups excluding tert-OH is 1. The van der Waals surface area contributed by atoms with Gasteiger partial charge in [0.15, 0.2) is 11.6 Å². The number of nitrogen functional groups attached to an aromatic ring is 1. The molecule has 0 saturated heterocycles. The summed E-state index contributed by atoms with van der Waals surface area (Å²) in [5.41, 5.74) is 6.28. The van der Waals surface area contributed by atoms with Crippen LogP contribution in [0.25, 0.3) is 11.1 Å². The molecular formula is C17H20F2N2O2. The first-order valence-corrected chi connectivity index (χ1v) is 7.49. The van der Waals surface area contributed by atoms with Crippen LogP contribution in [0.2, 0.25) is 0 Å². The number of benzene rings is 1. The van der Waals surface area contributed by atoms with Gasteiger partial charge in [0, 0.05) is 5.56 Å². The van der Waals surface area contributed by atoms with Gasteiger partial charge >= 0.3 is 0 Å². The molecule has 124 valence electrons. The number of aromatic nitrogens is 1. The molecule has 0 bridgehead atoms. The van der Waals surface area contributed by atoms with Gasteiger partial charge in [-0.25, -0.2) is 13.8 Å². The quantitative estimate of drug-likeness (QED) is 0.765. The van der Waals surface area contributed by atoms with E-state index in [2.05, 4.69) is 4.98 Å². The molecule has 1 aromatic heterocycles. The van der Waals surface area contributed by atoms with E-state index in [9.17, 15) is 13.9 Å². The Bertz CT molecular complexity index is 663. The molecule has 6 heteroatoms. The highest BCUT2D eigenvalue weighted by atomic mass is 19.1. The summed E-state index contributed by atoms with van der Waals surface area (Å²) in [5.74, 6) is -0.791. The Morgan fingerprint density at radius 3 is 2.74 bits per heavy atom. The molecule has 23 heavy (non-hydrogen) atoms. The van der Waals surface area contributed by atoms with E-state index >= 15 is 0 Å². The molecule has 1 unspecified atom stereocenters. The fraction of sp³-hybridized carbons (Fsp3) is 0.353. The molecule has 2 aromatic rings. The van der Waals surface area contributed by atoms with Crippen LogP contribution >= 0.6 is 0 Å². The summed E-state index contributed by atoms with van der Waals surface area (Å²) in [6, 6.07) is 5.54. The van der Waals surface area contributed by atoms with E-state index in [4.69, 9.17) is 10.5 Å². The summed E-state index contributed by atoms with van der Waals surface area (Å²) in [7, 11) is 0. The first kappa shape index (κ1) is 17.1. The molecule has 0 aliphatic carbocycles. The number of halogens is 2. The highest BCUT2D eigenvalue weighted by Gasteiger charge is 2.11. The van der Waals surface area contributed by atoms with Gasteiger partial charge in [-0.15, -0.1) is 0 Å². The Hall–Kier alpha value is -2.21. The van der Waals surface area contributed by atoms with Gasteiger partial charge in [0.1, 0.15) is 11.6 Å². The van der Waals surface area contributed by atoms with Crippen molar-refractivity contribution in [1.82, 2.24) is 4.98 Å². The zero-order valence-corrected chi connectivity index (χ0v) is 12.9. The second-order valence-electron chi connectivity index (χ2n) is 5.43. The van der Waals surface area contributed by atoms with E-state index < -0.39 is 11.6 Å². The van der Waals surface area contributed by atoms with Crippen LogP contribution in [0, 0.1) is 11.6 Å². The number of nitrogens with two attached hydrogens (primary N) is 1. The minimum Gasteiger partial charge on any atom is -0.490 e. The van der Waals surface area contributed by atoms with Gasteiger partial charge in [0.25, 0.3) is 0 Å². The number of hydrogen-bond donors (Lipinski definition) is 2. The minimum absolute atomic E-state index is 0.0642. The predicted octanol–water partition coefficient (Wildman–Crippen LogP) is 3.54. The van der Waals surface area contributed by atoms with Crippen LogP contribution in [0.3, 0.4) is 0 Å². The molecule has 0 fully saturated rings. The summed E-state index contributed by atoms with van der Waals surface area (Å²) in [6.07, 6.45) is 2.84. The van der Waals surface area contributed by atoms with E-state index in [-0.39, 0.29) is 23.2 Å². The molecule has 0 aliphatic heterocycles. The molecule has 1 heterocycles. The van der Waals surface area contributed by atoms with Gasteiger partial charge < -0.3 is 15.6 Å².